The molecule has 0 spiro atoms. The number of halogens is 1. The first-order valence-electron chi connectivity index (χ1n) is 9.33. The molecule has 5 nitrogen and oxygen atoms in total. The van der Waals surface area contributed by atoms with E-state index >= 15 is 0 Å². The van der Waals surface area contributed by atoms with Crippen LogP contribution in [0.3, 0.4) is 0 Å². The van der Waals surface area contributed by atoms with Crippen molar-refractivity contribution in [2.45, 2.75) is 13.0 Å². The molecule has 1 N–H and O–H groups in total. The van der Waals surface area contributed by atoms with Gasteiger partial charge in [0.2, 0.25) is 0 Å². The van der Waals surface area contributed by atoms with E-state index in [9.17, 15) is 0 Å². The van der Waals surface area contributed by atoms with Crippen molar-refractivity contribution in [1.29, 1.82) is 0 Å². The number of morpholine rings is 1. The number of benzene rings is 2. The van der Waals surface area contributed by atoms with Crippen molar-refractivity contribution < 1.29 is 4.74 Å². The second kappa shape index (κ2) is 9.41. The van der Waals surface area contributed by atoms with Crippen LogP contribution in [0.1, 0.15) is 11.1 Å². The van der Waals surface area contributed by atoms with Gasteiger partial charge in [0.05, 0.1) is 13.2 Å². The molecule has 0 amide bonds. The van der Waals surface area contributed by atoms with Gasteiger partial charge in [0, 0.05) is 44.6 Å². The average molecular weight is 478 g/mol. The standard InChI is InChI=1S/C21H26N4O.HI/c1-22-21(25-11-10-18-4-2-3-5-20(18)25)23-16-17-6-8-19(9-7-17)24-12-14-26-15-13-24;/h2-9H,10-16H2,1H3,(H,22,23);1H. The highest BCUT2D eigenvalue weighted by Crippen LogP contribution is 2.27. The summed E-state index contributed by atoms with van der Waals surface area (Å²) in [5.74, 6) is 0.937. The zero-order valence-corrected chi connectivity index (χ0v) is 18.1. The molecular formula is C21H27IN4O. The van der Waals surface area contributed by atoms with Crippen LogP contribution in [-0.4, -0.2) is 45.9 Å². The van der Waals surface area contributed by atoms with E-state index in [1.54, 1.807) is 0 Å². The van der Waals surface area contributed by atoms with Crippen LogP contribution in [0.2, 0.25) is 0 Å². The van der Waals surface area contributed by atoms with Gasteiger partial charge >= 0.3 is 0 Å². The van der Waals surface area contributed by atoms with E-state index in [0.717, 1.165) is 51.8 Å². The summed E-state index contributed by atoms with van der Waals surface area (Å²) in [6.45, 7) is 5.33. The molecule has 27 heavy (non-hydrogen) atoms. The van der Waals surface area contributed by atoms with E-state index in [4.69, 9.17) is 4.74 Å². The highest BCUT2D eigenvalue weighted by molar-refractivity contribution is 14.0. The van der Waals surface area contributed by atoms with Gasteiger partial charge in [-0.2, -0.15) is 0 Å². The number of hydrogen-bond donors (Lipinski definition) is 1. The van der Waals surface area contributed by atoms with Crippen LogP contribution in [0, 0.1) is 0 Å². The molecule has 2 aromatic rings. The lowest BCUT2D eigenvalue weighted by Gasteiger charge is -2.29. The lowest BCUT2D eigenvalue weighted by atomic mass is 10.2. The van der Waals surface area contributed by atoms with E-state index in [0.29, 0.717) is 0 Å². The molecule has 144 valence electrons. The monoisotopic (exact) mass is 478 g/mol. The Morgan fingerprint density at radius 2 is 1.78 bits per heavy atom. The molecule has 1 fully saturated rings. The van der Waals surface area contributed by atoms with Crippen molar-refractivity contribution in [3.05, 3.63) is 59.7 Å². The summed E-state index contributed by atoms with van der Waals surface area (Å²) in [6, 6.07) is 17.4. The van der Waals surface area contributed by atoms with E-state index in [1.807, 2.05) is 7.05 Å². The van der Waals surface area contributed by atoms with Crippen molar-refractivity contribution in [3.63, 3.8) is 0 Å². The number of guanidine groups is 1. The van der Waals surface area contributed by atoms with Gasteiger partial charge in [0.15, 0.2) is 5.96 Å². The van der Waals surface area contributed by atoms with E-state index in [-0.39, 0.29) is 24.0 Å². The summed E-state index contributed by atoms with van der Waals surface area (Å²) in [7, 11) is 1.85. The maximum Gasteiger partial charge on any atom is 0.198 e. The summed E-state index contributed by atoms with van der Waals surface area (Å²) < 4.78 is 5.43. The third-order valence-corrected chi connectivity index (χ3v) is 5.12. The van der Waals surface area contributed by atoms with Crippen molar-refractivity contribution in [2.24, 2.45) is 4.99 Å². The summed E-state index contributed by atoms with van der Waals surface area (Å²) >= 11 is 0. The van der Waals surface area contributed by atoms with Gasteiger partial charge in [0.25, 0.3) is 0 Å². The number of nitrogens with zero attached hydrogens (tertiary/aromatic N) is 3. The van der Waals surface area contributed by atoms with Crippen LogP contribution in [0.4, 0.5) is 11.4 Å². The summed E-state index contributed by atoms with van der Waals surface area (Å²) in [5.41, 5.74) is 5.19. The number of aliphatic imine (C=N–C) groups is 1. The zero-order chi connectivity index (χ0) is 17.8. The Bertz CT molecular complexity index is 772. The Morgan fingerprint density at radius 3 is 2.52 bits per heavy atom. The second-order valence-corrected chi connectivity index (χ2v) is 6.70. The maximum absolute atomic E-state index is 5.43. The molecule has 1 saturated heterocycles. The van der Waals surface area contributed by atoms with Crippen LogP contribution in [0.15, 0.2) is 53.5 Å². The number of rotatable bonds is 3. The van der Waals surface area contributed by atoms with Crippen molar-refractivity contribution in [3.8, 4) is 0 Å². The quantitative estimate of drug-likeness (QED) is 0.418. The molecular weight excluding hydrogens is 451 g/mol. The smallest absolute Gasteiger partial charge is 0.198 e. The minimum absolute atomic E-state index is 0. The van der Waals surface area contributed by atoms with Gasteiger partial charge in [0.1, 0.15) is 0 Å². The molecule has 6 heteroatoms. The van der Waals surface area contributed by atoms with Crippen LogP contribution in [0.25, 0.3) is 0 Å². The van der Waals surface area contributed by atoms with E-state index < -0.39 is 0 Å². The predicted octanol–water partition coefficient (Wildman–Crippen LogP) is 3.28. The number of anilines is 2. The normalized spacial score (nSPS) is 16.7. The summed E-state index contributed by atoms with van der Waals surface area (Å²) in [5, 5.41) is 3.51. The highest BCUT2D eigenvalue weighted by atomic mass is 127. The Balaban J connectivity index is 0.00000210. The number of hydrogen-bond acceptors (Lipinski definition) is 3. The number of ether oxygens (including phenoxy) is 1. The lowest BCUT2D eigenvalue weighted by Crippen LogP contribution is -2.40. The van der Waals surface area contributed by atoms with E-state index in [2.05, 4.69) is 68.6 Å². The second-order valence-electron chi connectivity index (χ2n) is 6.70. The first kappa shape index (κ1) is 19.9. The largest absolute Gasteiger partial charge is 0.378 e. The fourth-order valence-electron chi connectivity index (χ4n) is 3.68. The molecule has 0 unspecified atom stereocenters. The molecule has 0 aromatic heterocycles. The summed E-state index contributed by atoms with van der Waals surface area (Å²) in [4.78, 5) is 9.14. The molecule has 0 aliphatic carbocycles. The fourth-order valence-corrected chi connectivity index (χ4v) is 3.68. The fraction of sp³-hybridized carbons (Fsp3) is 0.381. The first-order valence-corrected chi connectivity index (χ1v) is 9.33. The third kappa shape index (κ3) is 4.55. The Hall–Kier alpha value is -1.80. The number of fused-ring (bicyclic) bond motifs is 1. The molecule has 0 saturated carbocycles. The molecule has 0 bridgehead atoms. The molecule has 0 atom stereocenters. The Morgan fingerprint density at radius 1 is 1.04 bits per heavy atom. The van der Waals surface area contributed by atoms with Gasteiger partial charge in [-0.15, -0.1) is 24.0 Å². The molecule has 2 aromatic carbocycles. The molecule has 2 aliphatic rings. The van der Waals surface area contributed by atoms with Crippen LogP contribution >= 0.6 is 24.0 Å². The van der Waals surface area contributed by atoms with Crippen molar-refractivity contribution in [2.75, 3.05) is 49.7 Å². The minimum atomic E-state index is 0. The van der Waals surface area contributed by atoms with Gasteiger partial charge in [-0.3, -0.25) is 4.99 Å². The highest BCUT2D eigenvalue weighted by Gasteiger charge is 2.22. The van der Waals surface area contributed by atoms with Crippen LogP contribution in [-0.2, 0) is 17.7 Å². The third-order valence-electron chi connectivity index (χ3n) is 5.12. The van der Waals surface area contributed by atoms with E-state index in [1.165, 1.54) is 22.5 Å². The topological polar surface area (TPSA) is 40.1 Å². The Kier molecular flexibility index (Phi) is 6.95. The first-order chi connectivity index (χ1) is 12.8. The van der Waals surface area contributed by atoms with Crippen LogP contribution in [0.5, 0.6) is 0 Å². The molecule has 2 aliphatic heterocycles. The van der Waals surface area contributed by atoms with Gasteiger partial charge in [-0.05, 0) is 35.7 Å². The molecule has 0 radical (unpaired) electrons. The van der Waals surface area contributed by atoms with Gasteiger partial charge in [-0.1, -0.05) is 30.3 Å². The summed E-state index contributed by atoms with van der Waals surface area (Å²) in [6.07, 6.45) is 1.07. The van der Waals surface area contributed by atoms with Crippen LogP contribution < -0.4 is 15.1 Å². The maximum atomic E-state index is 5.43. The van der Waals surface area contributed by atoms with Crippen molar-refractivity contribution in [1.82, 2.24) is 5.32 Å². The van der Waals surface area contributed by atoms with Gasteiger partial charge in [-0.25, -0.2) is 0 Å². The lowest BCUT2D eigenvalue weighted by molar-refractivity contribution is 0.122. The van der Waals surface area contributed by atoms with Gasteiger partial charge < -0.3 is 19.9 Å². The average Bonchev–Trinajstić information content (AvgIpc) is 3.14. The minimum Gasteiger partial charge on any atom is -0.378 e. The Labute approximate surface area is 178 Å². The molecule has 4 rings (SSSR count). The SMILES string of the molecule is CN=C(NCc1ccc(N2CCOCC2)cc1)N1CCc2ccccc21.I. The number of nitrogens with one attached hydrogen (secondary N) is 1. The predicted molar refractivity (Wildman–Crippen MR) is 123 cm³/mol. The molecule has 2 heterocycles. The zero-order valence-electron chi connectivity index (χ0n) is 15.7. The van der Waals surface area contributed by atoms with Crippen molar-refractivity contribution >= 4 is 41.3 Å². The number of para-hydroxylation sites is 1.